The van der Waals surface area contributed by atoms with Crippen molar-refractivity contribution in [1.82, 2.24) is 4.90 Å². The number of hydrogen-bond acceptors (Lipinski definition) is 4. The van der Waals surface area contributed by atoms with Crippen molar-refractivity contribution in [3.05, 3.63) is 70.3 Å². The number of nitrogens with zero attached hydrogens (tertiary/aromatic N) is 1. The van der Waals surface area contributed by atoms with Crippen LogP contribution in [0, 0.1) is 35.3 Å². The molecule has 1 unspecified atom stereocenters. The highest BCUT2D eigenvalue weighted by atomic mass is 19.1. The molecule has 2 aromatic carbocycles. The highest BCUT2D eigenvalue weighted by molar-refractivity contribution is 6.09. The van der Waals surface area contributed by atoms with E-state index in [1.807, 2.05) is 6.92 Å². The molecule has 30 heavy (non-hydrogen) atoms. The van der Waals surface area contributed by atoms with Gasteiger partial charge in [0.2, 0.25) is 0 Å². The maximum Gasteiger partial charge on any atom is 0.337 e. The molecule has 1 saturated heterocycles. The predicted octanol–water partition coefficient (Wildman–Crippen LogP) is 4.71. The number of carbonyl (C=O) groups excluding carboxylic acids is 1. The van der Waals surface area contributed by atoms with Crippen molar-refractivity contribution in [3.8, 4) is 0 Å². The van der Waals surface area contributed by atoms with Crippen LogP contribution in [0.3, 0.4) is 0 Å². The SMILES string of the molecule is COC(=O)c1ccc(C)c(C(=N)N2CC(CCc3ccc(F)cc3F)CCC2=N)c1. The van der Waals surface area contributed by atoms with Gasteiger partial charge in [-0.2, -0.15) is 0 Å². The summed E-state index contributed by atoms with van der Waals surface area (Å²) in [6.45, 7) is 2.33. The van der Waals surface area contributed by atoms with Crippen LogP contribution in [0.5, 0.6) is 0 Å². The number of halogens is 2. The van der Waals surface area contributed by atoms with E-state index >= 15 is 0 Å². The van der Waals surface area contributed by atoms with Gasteiger partial charge in [-0.25, -0.2) is 13.6 Å². The van der Waals surface area contributed by atoms with Crippen LogP contribution in [-0.2, 0) is 11.2 Å². The minimum Gasteiger partial charge on any atom is -0.465 e. The van der Waals surface area contributed by atoms with Gasteiger partial charge in [0.1, 0.15) is 23.3 Å². The molecule has 0 aliphatic carbocycles. The van der Waals surface area contributed by atoms with Crippen LogP contribution in [0.25, 0.3) is 0 Å². The van der Waals surface area contributed by atoms with E-state index in [2.05, 4.69) is 0 Å². The van der Waals surface area contributed by atoms with Gasteiger partial charge >= 0.3 is 5.97 Å². The van der Waals surface area contributed by atoms with Crippen LogP contribution in [0.1, 0.15) is 46.3 Å². The Bertz CT molecular complexity index is 990. The predicted molar refractivity (Wildman–Crippen MR) is 111 cm³/mol. The second-order valence-electron chi connectivity index (χ2n) is 7.61. The molecule has 5 nitrogen and oxygen atoms in total. The number of amidine groups is 2. The second-order valence-corrected chi connectivity index (χ2v) is 7.61. The van der Waals surface area contributed by atoms with Crippen molar-refractivity contribution in [1.29, 1.82) is 10.8 Å². The third kappa shape index (κ3) is 4.72. The van der Waals surface area contributed by atoms with Gasteiger partial charge in [-0.3, -0.25) is 10.8 Å². The molecular weight excluding hydrogens is 388 g/mol. The lowest BCUT2D eigenvalue weighted by molar-refractivity contribution is 0.0600. The molecule has 0 bridgehead atoms. The van der Waals surface area contributed by atoms with E-state index in [-0.39, 0.29) is 11.8 Å². The third-order valence-electron chi connectivity index (χ3n) is 5.58. The van der Waals surface area contributed by atoms with Crippen molar-refractivity contribution >= 4 is 17.6 Å². The highest BCUT2D eigenvalue weighted by Crippen LogP contribution is 2.26. The Morgan fingerprint density at radius 3 is 2.70 bits per heavy atom. The first-order valence-electron chi connectivity index (χ1n) is 9.87. The van der Waals surface area contributed by atoms with E-state index in [1.165, 1.54) is 19.2 Å². The van der Waals surface area contributed by atoms with E-state index < -0.39 is 17.6 Å². The summed E-state index contributed by atoms with van der Waals surface area (Å²) in [6.07, 6.45) is 2.46. The van der Waals surface area contributed by atoms with Crippen LogP contribution < -0.4 is 0 Å². The largest absolute Gasteiger partial charge is 0.465 e. The first-order valence-corrected chi connectivity index (χ1v) is 9.87. The Balaban J connectivity index is 1.73. The molecule has 0 radical (unpaired) electrons. The number of rotatable bonds is 5. The van der Waals surface area contributed by atoms with Crippen LogP contribution >= 0.6 is 0 Å². The molecule has 158 valence electrons. The van der Waals surface area contributed by atoms with Gasteiger partial charge in [0.25, 0.3) is 0 Å². The van der Waals surface area contributed by atoms with Gasteiger partial charge in [-0.1, -0.05) is 12.1 Å². The number of aryl methyl sites for hydroxylation is 2. The number of hydrogen-bond donors (Lipinski definition) is 2. The summed E-state index contributed by atoms with van der Waals surface area (Å²) in [5.41, 5.74) is 2.24. The number of methoxy groups -OCH3 is 1. The summed E-state index contributed by atoms with van der Waals surface area (Å²) in [4.78, 5) is 13.5. The number of esters is 1. The van der Waals surface area contributed by atoms with Gasteiger partial charge in [-0.15, -0.1) is 0 Å². The molecule has 0 amide bonds. The molecule has 0 spiro atoms. The Labute approximate surface area is 174 Å². The summed E-state index contributed by atoms with van der Waals surface area (Å²) in [5, 5.41) is 17.0. The smallest absolute Gasteiger partial charge is 0.337 e. The van der Waals surface area contributed by atoms with Crippen LogP contribution in [-0.4, -0.2) is 36.2 Å². The molecule has 1 fully saturated rings. The summed E-state index contributed by atoms with van der Waals surface area (Å²) in [7, 11) is 1.31. The number of benzene rings is 2. The minimum atomic E-state index is -0.591. The number of carbonyl (C=O) groups is 1. The maximum atomic E-state index is 13.9. The fourth-order valence-electron chi connectivity index (χ4n) is 3.75. The Hall–Kier alpha value is -3.09. The van der Waals surface area contributed by atoms with Crippen molar-refractivity contribution in [2.45, 2.75) is 32.6 Å². The fourth-order valence-corrected chi connectivity index (χ4v) is 3.75. The molecule has 1 aliphatic heterocycles. The lowest BCUT2D eigenvalue weighted by atomic mass is 9.90. The Kier molecular flexibility index (Phi) is 6.59. The Morgan fingerprint density at radius 2 is 2.00 bits per heavy atom. The van der Waals surface area contributed by atoms with E-state index in [0.29, 0.717) is 48.3 Å². The van der Waals surface area contributed by atoms with Crippen LogP contribution in [0.4, 0.5) is 8.78 Å². The normalized spacial score (nSPS) is 16.5. The van der Waals surface area contributed by atoms with Gasteiger partial charge < -0.3 is 9.64 Å². The average Bonchev–Trinajstić information content (AvgIpc) is 2.73. The number of nitrogens with one attached hydrogen (secondary N) is 2. The van der Waals surface area contributed by atoms with Gasteiger partial charge in [0, 0.05) is 24.6 Å². The molecule has 2 N–H and O–H groups in total. The zero-order valence-corrected chi connectivity index (χ0v) is 17.1. The average molecular weight is 413 g/mol. The zero-order valence-electron chi connectivity index (χ0n) is 17.1. The molecule has 3 rings (SSSR count). The number of ether oxygens (including phenoxy) is 1. The van der Waals surface area contributed by atoms with Gasteiger partial charge in [0.15, 0.2) is 0 Å². The molecule has 1 heterocycles. The maximum absolute atomic E-state index is 13.9. The zero-order chi connectivity index (χ0) is 21.8. The molecule has 0 aromatic heterocycles. The van der Waals surface area contributed by atoms with Crippen LogP contribution in [0.15, 0.2) is 36.4 Å². The van der Waals surface area contributed by atoms with Crippen molar-refractivity contribution < 1.29 is 18.3 Å². The molecule has 2 aromatic rings. The summed E-state index contributed by atoms with van der Waals surface area (Å²) < 4.78 is 31.8. The first-order chi connectivity index (χ1) is 14.3. The van der Waals surface area contributed by atoms with E-state index in [0.717, 1.165) is 18.1 Å². The van der Waals surface area contributed by atoms with Crippen molar-refractivity contribution in [2.24, 2.45) is 5.92 Å². The quantitative estimate of drug-likeness (QED) is 0.423. The highest BCUT2D eigenvalue weighted by Gasteiger charge is 2.27. The van der Waals surface area contributed by atoms with Crippen LogP contribution in [0.2, 0.25) is 0 Å². The standard InChI is InChI=1S/C23H25F2N3O2/c1-14-3-6-17(23(29)30-2)11-19(14)22(27)28-13-15(5-10-21(28)26)4-7-16-8-9-18(24)12-20(16)25/h3,6,8-9,11-12,15,26-27H,4-5,7,10,13H2,1-2H3. The monoisotopic (exact) mass is 413 g/mol. The number of likely N-dealkylation sites (tertiary alicyclic amines) is 1. The van der Waals surface area contributed by atoms with Gasteiger partial charge in [0.05, 0.1) is 12.7 Å². The van der Waals surface area contributed by atoms with E-state index in [4.69, 9.17) is 15.6 Å². The molecular formula is C23H25F2N3O2. The molecule has 1 atom stereocenters. The van der Waals surface area contributed by atoms with Crippen molar-refractivity contribution in [2.75, 3.05) is 13.7 Å². The number of piperidine rings is 1. The third-order valence-corrected chi connectivity index (χ3v) is 5.58. The summed E-state index contributed by atoms with van der Waals surface area (Å²) in [5.74, 6) is -0.914. The molecule has 0 saturated carbocycles. The first kappa shape index (κ1) is 21.6. The topological polar surface area (TPSA) is 77.2 Å². The van der Waals surface area contributed by atoms with Gasteiger partial charge in [-0.05, 0) is 61.4 Å². The summed E-state index contributed by atoms with van der Waals surface area (Å²) >= 11 is 0. The fraction of sp³-hybridized carbons (Fsp3) is 0.348. The van der Waals surface area contributed by atoms with E-state index in [1.54, 1.807) is 23.1 Å². The molecule has 7 heteroatoms. The lowest BCUT2D eigenvalue weighted by Crippen LogP contribution is -2.44. The molecule has 1 aliphatic rings. The van der Waals surface area contributed by atoms with Crippen molar-refractivity contribution in [3.63, 3.8) is 0 Å². The summed E-state index contributed by atoms with van der Waals surface area (Å²) in [6, 6.07) is 8.66. The Morgan fingerprint density at radius 1 is 1.23 bits per heavy atom. The minimum absolute atomic E-state index is 0.168. The lowest BCUT2D eigenvalue weighted by Gasteiger charge is -2.35. The second kappa shape index (κ2) is 9.15. The van der Waals surface area contributed by atoms with E-state index in [9.17, 15) is 13.6 Å².